The summed E-state index contributed by atoms with van der Waals surface area (Å²) < 4.78 is 7.72. The minimum atomic E-state index is 0.0334. The summed E-state index contributed by atoms with van der Waals surface area (Å²) in [6.45, 7) is 4.69. The van der Waals surface area contributed by atoms with Gasteiger partial charge in [0, 0.05) is 27.2 Å². The highest BCUT2D eigenvalue weighted by Crippen LogP contribution is 2.21. The Bertz CT molecular complexity index is 974. The van der Waals surface area contributed by atoms with Gasteiger partial charge in [0.15, 0.2) is 5.58 Å². The van der Waals surface area contributed by atoms with Crippen molar-refractivity contribution in [1.29, 1.82) is 0 Å². The molecule has 0 spiro atoms. The highest BCUT2D eigenvalue weighted by Gasteiger charge is 2.21. The lowest BCUT2D eigenvalue weighted by molar-refractivity contribution is 0.169. The van der Waals surface area contributed by atoms with Gasteiger partial charge in [-0.25, -0.2) is 4.79 Å². The lowest BCUT2D eigenvalue weighted by atomic mass is 10.2. The molecule has 0 fully saturated rings. The van der Waals surface area contributed by atoms with E-state index >= 15 is 0 Å². The van der Waals surface area contributed by atoms with Crippen molar-refractivity contribution in [2.75, 3.05) is 26.0 Å². The third-order valence-electron chi connectivity index (χ3n) is 4.68. The van der Waals surface area contributed by atoms with Crippen molar-refractivity contribution >= 4 is 23.1 Å². The van der Waals surface area contributed by atoms with E-state index < -0.39 is 0 Å². The number of fused-ring (bicyclic) bond motifs is 2. The van der Waals surface area contributed by atoms with E-state index in [4.69, 9.17) is 4.42 Å². The average Bonchev–Trinajstić information content (AvgIpc) is 3.16. The number of carbonyl (C=O) groups is 1. The summed E-state index contributed by atoms with van der Waals surface area (Å²) in [4.78, 5) is 20.2. The number of hydrogen-bond donors (Lipinski definition) is 1. The van der Waals surface area contributed by atoms with Crippen LogP contribution in [-0.2, 0) is 19.6 Å². The fourth-order valence-corrected chi connectivity index (χ4v) is 3.33. The minimum absolute atomic E-state index is 0.0334. The van der Waals surface area contributed by atoms with Crippen LogP contribution in [0.5, 0.6) is 0 Å². The van der Waals surface area contributed by atoms with E-state index in [1.54, 1.807) is 19.0 Å². The van der Waals surface area contributed by atoms with Gasteiger partial charge in [0.05, 0.1) is 24.5 Å². The maximum absolute atomic E-state index is 12.3. The van der Waals surface area contributed by atoms with E-state index in [9.17, 15) is 4.79 Å². The number of amides is 2. The first-order chi connectivity index (χ1) is 13.0. The van der Waals surface area contributed by atoms with Crippen LogP contribution in [0.25, 0.3) is 11.1 Å². The number of nitrogens with one attached hydrogen (secondary N) is 1. The zero-order chi connectivity index (χ0) is 19.0. The Labute approximate surface area is 157 Å². The van der Waals surface area contributed by atoms with Crippen molar-refractivity contribution in [2.24, 2.45) is 0 Å². The average molecular weight is 368 g/mol. The molecule has 0 bridgehead atoms. The fraction of sp³-hybridized carbons (Fsp3) is 0.421. The van der Waals surface area contributed by atoms with Gasteiger partial charge in [-0.2, -0.15) is 10.1 Å². The van der Waals surface area contributed by atoms with Crippen molar-refractivity contribution in [3.63, 3.8) is 0 Å². The quantitative estimate of drug-likeness (QED) is 0.769. The number of nitrogens with zero attached hydrogens (tertiary/aromatic N) is 5. The van der Waals surface area contributed by atoms with Crippen LogP contribution in [0, 0.1) is 6.92 Å². The second-order valence-electron chi connectivity index (χ2n) is 7.15. The standard InChI is InChI=1S/C19H24N6O2/c1-13-5-6-17-16(9-13)21-18(27-17)20-11-14-10-15-12-24(19(26)23(2)3)7-4-8-25(15)22-14/h5-6,9-10H,4,7-8,11-12H2,1-3H3,(H,20,21). The molecule has 0 atom stereocenters. The summed E-state index contributed by atoms with van der Waals surface area (Å²) in [7, 11) is 3.56. The second-order valence-corrected chi connectivity index (χ2v) is 7.15. The number of aromatic nitrogens is 3. The molecule has 1 aliphatic heterocycles. The Morgan fingerprint density at radius 2 is 2.15 bits per heavy atom. The molecular formula is C19H24N6O2. The molecule has 2 amide bonds. The molecule has 1 N–H and O–H groups in total. The number of aryl methyl sites for hydroxylation is 2. The van der Waals surface area contributed by atoms with Crippen LogP contribution in [0.1, 0.15) is 23.4 Å². The molecule has 1 aromatic carbocycles. The van der Waals surface area contributed by atoms with E-state index in [2.05, 4.69) is 15.4 Å². The van der Waals surface area contributed by atoms with Crippen molar-refractivity contribution in [3.8, 4) is 0 Å². The predicted octanol–water partition coefficient (Wildman–Crippen LogP) is 2.83. The maximum Gasteiger partial charge on any atom is 0.319 e. The van der Waals surface area contributed by atoms with Gasteiger partial charge in [-0.1, -0.05) is 6.07 Å². The van der Waals surface area contributed by atoms with Gasteiger partial charge < -0.3 is 19.5 Å². The molecule has 142 valence electrons. The van der Waals surface area contributed by atoms with E-state index in [-0.39, 0.29) is 6.03 Å². The van der Waals surface area contributed by atoms with Gasteiger partial charge in [-0.3, -0.25) is 4.68 Å². The first kappa shape index (κ1) is 17.4. The van der Waals surface area contributed by atoms with Crippen LogP contribution in [0.4, 0.5) is 10.8 Å². The first-order valence-corrected chi connectivity index (χ1v) is 9.12. The summed E-state index contributed by atoms with van der Waals surface area (Å²) in [6, 6.07) is 8.50. The predicted molar refractivity (Wildman–Crippen MR) is 102 cm³/mol. The van der Waals surface area contributed by atoms with Crippen molar-refractivity contribution < 1.29 is 9.21 Å². The van der Waals surface area contributed by atoms with Gasteiger partial charge >= 0.3 is 6.03 Å². The van der Waals surface area contributed by atoms with E-state index in [1.807, 2.05) is 40.8 Å². The van der Waals surface area contributed by atoms with Gasteiger partial charge in [-0.15, -0.1) is 0 Å². The molecule has 3 heterocycles. The van der Waals surface area contributed by atoms with Crippen molar-refractivity contribution in [2.45, 2.75) is 33.0 Å². The molecule has 0 saturated heterocycles. The number of carbonyl (C=O) groups excluding carboxylic acids is 1. The Morgan fingerprint density at radius 1 is 1.30 bits per heavy atom. The summed E-state index contributed by atoms with van der Waals surface area (Å²) in [6.07, 6.45) is 0.894. The maximum atomic E-state index is 12.3. The highest BCUT2D eigenvalue weighted by atomic mass is 16.4. The van der Waals surface area contributed by atoms with Gasteiger partial charge in [0.2, 0.25) is 0 Å². The van der Waals surface area contributed by atoms with Crippen molar-refractivity contribution in [3.05, 3.63) is 41.2 Å². The molecule has 4 rings (SSSR count). The third kappa shape index (κ3) is 3.60. The van der Waals surface area contributed by atoms with Crippen LogP contribution < -0.4 is 5.32 Å². The Hall–Kier alpha value is -3.03. The van der Waals surface area contributed by atoms with Gasteiger partial charge in [-0.05, 0) is 37.1 Å². The number of oxazole rings is 1. The number of urea groups is 1. The summed E-state index contributed by atoms with van der Waals surface area (Å²) in [5.74, 6) is 0. The molecule has 0 radical (unpaired) electrons. The normalized spacial score (nSPS) is 14.1. The van der Waals surface area contributed by atoms with E-state index in [0.29, 0.717) is 19.1 Å². The molecule has 27 heavy (non-hydrogen) atoms. The van der Waals surface area contributed by atoms with E-state index in [1.165, 1.54) is 0 Å². The zero-order valence-electron chi connectivity index (χ0n) is 15.9. The van der Waals surface area contributed by atoms with Crippen LogP contribution in [0.15, 0.2) is 28.7 Å². The third-order valence-corrected chi connectivity index (χ3v) is 4.68. The van der Waals surface area contributed by atoms with Crippen molar-refractivity contribution in [1.82, 2.24) is 24.6 Å². The molecule has 2 aromatic heterocycles. The fourth-order valence-electron chi connectivity index (χ4n) is 3.33. The lowest BCUT2D eigenvalue weighted by Gasteiger charge is -2.23. The van der Waals surface area contributed by atoms with Crippen LogP contribution in [0.3, 0.4) is 0 Å². The van der Waals surface area contributed by atoms with Gasteiger partial charge in [0.1, 0.15) is 5.52 Å². The van der Waals surface area contributed by atoms with E-state index in [0.717, 1.165) is 47.6 Å². The molecule has 0 aliphatic carbocycles. The number of hydrogen-bond acceptors (Lipinski definition) is 5. The zero-order valence-corrected chi connectivity index (χ0v) is 15.9. The largest absolute Gasteiger partial charge is 0.424 e. The summed E-state index contributed by atoms with van der Waals surface area (Å²) in [5, 5.41) is 7.87. The Kier molecular flexibility index (Phi) is 4.47. The molecule has 1 aliphatic rings. The molecule has 8 nitrogen and oxygen atoms in total. The highest BCUT2D eigenvalue weighted by molar-refractivity contribution is 5.75. The van der Waals surface area contributed by atoms with Crippen LogP contribution in [0.2, 0.25) is 0 Å². The summed E-state index contributed by atoms with van der Waals surface area (Å²) >= 11 is 0. The SMILES string of the molecule is Cc1ccc2oc(NCc3cc4n(n3)CCCN(C(=O)N(C)C)C4)nc2c1. The van der Waals surface area contributed by atoms with Crippen LogP contribution >= 0.6 is 0 Å². The number of anilines is 1. The molecular weight excluding hydrogens is 344 g/mol. The number of benzene rings is 1. The number of rotatable bonds is 3. The Balaban J connectivity index is 1.46. The topological polar surface area (TPSA) is 79.4 Å². The monoisotopic (exact) mass is 368 g/mol. The Morgan fingerprint density at radius 3 is 2.96 bits per heavy atom. The molecule has 0 saturated carbocycles. The smallest absolute Gasteiger partial charge is 0.319 e. The minimum Gasteiger partial charge on any atom is -0.424 e. The lowest BCUT2D eigenvalue weighted by Crippen LogP contribution is -2.38. The first-order valence-electron chi connectivity index (χ1n) is 9.12. The molecule has 8 heteroatoms. The molecule has 0 unspecified atom stereocenters. The van der Waals surface area contributed by atoms with Crippen LogP contribution in [-0.4, -0.2) is 51.2 Å². The molecule has 3 aromatic rings. The van der Waals surface area contributed by atoms with Gasteiger partial charge in [0.25, 0.3) is 6.01 Å². The second kappa shape index (κ2) is 6.94. The summed E-state index contributed by atoms with van der Waals surface area (Å²) in [5.41, 5.74) is 4.71.